The van der Waals surface area contributed by atoms with E-state index in [4.69, 9.17) is 9.47 Å². The summed E-state index contributed by atoms with van der Waals surface area (Å²) in [6.45, 7) is 5.12. The molecule has 0 aromatic heterocycles. The first-order chi connectivity index (χ1) is 11.6. The molecule has 0 N–H and O–H groups in total. The number of quaternary nitrogens is 1. The van der Waals surface area contributed by atoms with Crippen LogP contribution in [0.25, 0.3) is 0 Å². The minimum atomic E-state index is -0.257. The Bertz CT molecular complexity index is 576. The molecule has 3 rings (SSSR count). The molecule has 0 radical (unpaired) electrons. The van der Waals surface area contributed by atoms with Crippen molar-refractivity contribution >= 4 is 5.97 Å². The van der Waals surface area contributed by atoms with E-state index in [0.717, 1.165) is 11.3 Å². The Morgan fingerprint density at radius 3 is 2.80 bits per heavy atom. The van der Waals surface area contributed by atoms with Crippen LogP contribution in [0.3, 0.4) is 0 Å². The van der Waals surface area contributed by atoms with Gasteiger partial charge in [-0.25, -0.2) is 4.79 Å². The summed E-state index contributed by atoms with van der Waals surface area (Å²) >= 11 is 0. The largest absolute Gasteiger partial charge is 1.00 e. The first-order valence-electron chi connectivity index (χ1n) is 9.26. The Balaban J connectivity index is 0.00000225. The highest BCUT2D eigenvalue weighted by Crippen LogP contribution is 2.36. The van der Waals surface area contributed by atoms with Gasteiger partial charge in [0.25, 0.3) is 0 Å². The third-order valence-electron chi connectivity index (χ3n) is 5.81. The minimum Gasteiger partial charge on any atom is -1.00 e. The predicted molar refractivity (Wildman–Crippen MR) is 93.9 cm³/mol. The topological polar surface area (TPSA) is 35.5 Å². The fraction of sp³-hybridized carbons (Fsp3) is 0.650. The van der Waals surface area contributed by atoms with Crippen LogP contribution in [0.15, 0.2) is 24.3 Å². The molecule has 1 aromatic rings. The molecule has 2 saturated heterocycles. The predicted octanol–water partition coefficient (Wildman–Crippen LogP) is 0.330. The summed E-state index contributed by atoms with van der Waals surface area (Å²) < 4.78 is 12.3. The molecular weight excluding hydrogens is 429 g/mol. The summed E-state index contributed by atoms with van der Waals surface area (Å²) in [4.78, 5) is 12.0. The van der Waals surface area contributed by atoms with Gasteiger partial charge in [-0.1, -0.05) is 12.1 Å². The van der Waals surface area contributed by atoms with Crippen LogP contribution < -0.4 is 28.7 Å². The molecule has 0 amide bonds. The van der Waals surface area contributed by atoms with Crippen LogP contribution in [0.1, 0.15) is 37.7 Å². The van der Waals surface area contributed by atoms with Gasteiger partial charge in [-0.15, -0.1) is 0 Å². The SMILES string of the molecule is Cc1cccc(OCC(=O)OC[C@@H]2CCC[N+]3(C)CCCC[C@H]23)c1.[I-]. The van der Waals surface area contributed by atoms with Crippen LogP contribution in [0.5, 0.6) is 5.75 Å². The molecule has 25 heavy (non-hydrogen) atoms. The number of esters is 1. The van der Waals surface area contributed by atoms with Crippen molar-refractivity contribution in [3.05, 3.63) is 29.8 Å². The lowest BCUT2D eigenvalue weighted by molar-refractivity contribution is -0.947. The zero-order chi connectivity index (χ0) is 17.0. The van der Waals surface area contributed by atoms with Crippen LogP contribution >= 0.6 is 0 Å². The van der Waals surface area contributed by atoms with Gasteiger partial charge in [0.1, 0.15) is 5.75 Å². The van der Waals surface area contributed by atoms with Gasteiger partial charge in [-0.05, 0) is 50.3 Å². The molecular formula is C20H30INO3. The lowest BCUT2D eigenvalue weighted by atomic mass is 9.82. The van der Waals surface area contributed by atoms with Crippen molar-refractivity contribution in [3.63, 3.8) is 0 Å². The summed E-state index contributed by atoms with van der Waals surface area (Å²) in [6, 6.07) is 8.40. The number of hydrogen-bond acceptors (Lipinski definition) is 3. The highest BCUT2D eigenvalue weighted by atomic mass is 127. The maximum Gasteiger partial charge on any atom is 0.344 e. The molecule has 0 bridgehead atoms. The normalized spacial score (nSPS) is 28.4. The van der Waals surface area contributed by atoms with Crippen molar-refractivity contribution in [1.29, 1.82) is 0 Å². The number of piperidine rings is 2. The number of rotatable bonds is 5. The molecule has 0 aliphatic carbocycles. The lowest BCUT2D eigenvalue weighted by Gasteiger charge is -2.51. The number of nitrogens with zero attached hydrogens (tertiary/aromatic N) is 1. The summed E-state index contributed by atoms with van der Waals surface area (Å²) in [6.07, 6.45) is 6.36. The van der Waals surface area contributed by atoms with Gasteiger partial charge in [0.05, 0.1) is 32.8 Å². The smallest absolute Gasteiger partial charge is 0.344 e. The molecule has 2 heterocycles. The van der Waals surface area contributed by atoms with Gasteiger partial charge < -0.3 is 37.9 Å². The van der Waals surface area contributed by atoms with E-state index in [0.29, 0.717) is 18.6 Å². The molecule has 2 aliphatic heterocycles. The number of ether oxygens (including phenoxy) is 2. The molecule has 0 saturated carbocycles. The molecule has 0 spiro atoms. The standard InChI is InChI=1S/C20H30NO3.HI/c1-16-7-5-9-18(13-16)23-15-20(22)24-14-17-8-6-12-21(2)11-4-3-10-19(17)21;/h5,7,9,13,17,19H,3-4,6,8,10-12,14-15H2,1-2H3;1H/q+1;/p-1/t17-,19+,21?;/m0./s1. The van der Waals surface area contributed by atoms with Crippen molar-refractivity contribution in [3.8, 4) is 5.75 Å². The van der Waals surface area contributed by atoms with Gasteiger partial charge in [-0.3, -0.25) is 0 Å². The van der Waals surface area contributed by atoms with Crippen molar-refractivity contribution in [2.45, 2.75) is 45.1 Å². The molecule has 2 fully saturated rings. The van der Waals surface area contributed by atoms with E-state index in [1.54, 1.807) is 0 Å². The van der Waals surface area contributed by atoms with Gasteiger partial charge >= 0.3 is 5.97 Å². The Morgan fingerprint density at radius 1 is 1.20 bits per heavy atom. The molecule has 3 atom stereocenters. The van der Waals surface area contributed by atoms with Gasteiger partial charge in [-0.2, -0.15) is 0 Å². The second-order valence-electron chi connectivity index (χ2n) is 7.68. The first kappa shape index (κ1) is 20.5. The average molecular weight is 459 g/mol. The second kappa shape index (κ2) is 9.21. The zero-order valence-electron chi connectivity index (χ0n) is 15.4. The first-order valence-corrected chi connectivity index (χ1v) is 9.26. The van der Waals surface area contributed by atoms with Crippen LogP contribution in [-0.2, 0) is 9.53 Å². The Morgan fingerprint density at radius 2 is 2.00 bits per heavy atom. The molecule has 2 aliphatic rings. The molecule has 5 heteroatoms. The summed E-state index contributed by atoms with van der Waals surface area (Å²) in [5.74, 6) is 0.972. The summed E-state index contributed by atoms with van der Waals surface area (Å²) in [5.41, 5.74) is 1.12. The molecule has 140 valence electrons. The Kier molecular flexibility index (Phi) is 7.55. The van der Waals surface area contributed by atoms with Crippen molar-refractivity contribution < 1.29 is 42.7 Å². The fourth-order valence-electron chi connectivity index (χ4n) is 4.52. The van der Waals surface area contributed by atoms with Gasteiger partial charge in [0.2, 0.25) is 0 Å². The van der Waals surface area contributed by atoms with E-state index in [9.17, 15) is 4.79 Å². The Labute approximate surface area is 168 Å². The van der Waals surface area contributed by atoms with E-state index in [1.165, 1.54) is 49.7 Å². The highest BCUT2D eigenvalue weighted by molar-refractivity contribution is 5.71. The molecule has 1 unspecified atom stereocenters. The quantitative estimate of drug-likeness (QED) is 0.362. The number of hydrogen-bond donors (Lipinski definition) is 0. The second-order valence-corrected chi connectivity index (χ2v) is 7.68. The number of carbonyl (C=O) groups is 1. The summed E-state index contributed by atoms with van der Waals surface area (Å²) in [5, 5.41) is 0. The fourth-order valence-corrected chi connectivity index (χ4v) is 4.52. The monoisotopic (exact) mass is 459 g/mol. The maximum atomic E-state index is 12.0. The van der Waals surface area contributed by atoms with E-state index in [-0.39, 0.29) is 36.6 Å². The number of aryl methyl sites for hydroxylation is 1. The van der Waals surface area contributed by atoms with Crippen LogP contribution in [-0.4, -0.2) is 49.8 Å². The van der Waals surface area contributed by atoms with Crippen molar-refractivity contribution in [2.75, 3.05) is 33.4 Å². The van der Waals surface area contributed by atoms with E-state index >= 15 is 0 Å². The van der Waals surface area contributed by atoms with Gasteiger partial charge in [0, 0.05) is 12.3 Å². The summed E-state index contributed by atoms with van der Waals surface area (Å²) in [7, 11) is 2.39. The third kappa shape index (κ3) is 5.33. The van der Waals surface area contributed by atoms with Crippen molar-refractivity contribution in [1.82, 2.24) is 0 Å². The molecule has 4 nitrogen and oxygen atoms in total. The van der Waals surface area contributed by atoms with Gasteiger partial charge in [0.15, 0.2) is 6.61 Å². The van der Waals surface area contributed by atoms with Crippen LogP contribution in [0, 0.1) is 12.8 Å². The van der Waals surface area contributed by atoms with Crippen molar-refractivity contribution in [2.24, 2.45) is 5.92 Å². The molecule has 1 aromatic carbocycles. The Hall–Kier alpha value is -0.820. The maximum absolute atomic E-state index is 12.0. The third-order valence-corrected chi connectivity index (χ3v) is 5.81. The van der Waals surface area contributed by atoms with E-state index in [1.807, 2.05) is 31.2 Å². The minimum absolute atomic E-state index is 0. The number of halogens is 1. The number of fused-ring (bicyclic) bond motifs is 1. The van der Waals surface area contributed by atoms with Crippen LogP contribution in [0.2, 0.25) is 0 Å². The van der Waals surface area contributed by atoms with E-state index < -0.39 is 0 Å². The van der Waals surface area contributed by atoms with Crippen LogP contribution in [0.4, 0.5) is 0 Å². The number of carbonyl (C=O) groups excluding carboxylic acids is 1. The average Bonchev–Trinajstić information content (AvgIpc) is 2.57. The number of benzene rings is 1. The highest BCUT2D eigenvalue weighted by Gasteiger charge is 2.43. The lowest BCUT2D eigenvalue weighted by Crippen LogP contribution is -3.00. The van der Waals surface area contributed by atoms with E-state index in [2.05, 4.69) is 7.05 Å². The zero-order valence-corrected chi connectivity index (χ0v) is 17.5.